The SMILES string of the molecule is CC(=O)C(O)CC(O)C(=O)C(CCC(C)C)=[N+]=[N-]. The minimum atomic E-state index is -1.53. The summed E-state index contributed by atoms with van der Waals surface area (Å²) in [5.74, 6) is -0.945. The average Bonchev–Trinajstić information content (AvgIpc) is 2.28. The standard InChI is InChI=1S/C12H20N2O4/c1-7(2)4-5-9(14-13)12(18)11(17)6-10(16)8(3)15/h7,10-11,16-17H,4-6H2,1-3H3. The quantitative estimate of drug-likeness (QED) is 0.371. The highest BCUT2D eigenvalue weighted by atomic mass is 16.3. The molecule has 2 N–H and O–H groups in total. The Hall–Kier alpha value is -1.36. The number of carbonyl (C=O) groups excluding carboxylic acids is 2. The van der Waals surface area contributed by atoms with Crippen molar-refractivity contribution in [2.75, 3.05) is 0 Å². The van der Waals surface area contributed by atoms with Gasteiger partial charge in [-0.2, -0.15) is 4.79 Å². The molecule has 0 rings (SSSR count). The number of aliphatic hydroxyl groups is 2. The van der Waals surface area contributed by atoms with Gasteiger partial charge in [0.25, 0.3) is 5.78 Å². The summed E-state index contributed by atoms with van der Waals surface area (Å²) in [7, 11) is 0. The van der Waals surface area contributed by atoms with E-state index < -0.39 is 23.8 Å². The van der Waals surface area contributed by atoms with E-state index in [1.165, 1.54) is 6.92 Å². The number of carbonyl (C=O) groups is 2. The van der Waals surface area contributed by atoms with Gasteiger partial charge in [0.15, 0.2) is 5.78 Å². The van der Waals surface area contributed by atoms with Crippen molar-refractivity contribution in [3.63, 3.8) is 0 Å². The van der Waals surface area contributed by atoms with E-state index in [0.29, 0.717) is 12.3 Å². The zero-order chi connectivity index (χ0) is 14.3. The van der Waals surface area contributed by atoms with Crippen LogP contribution in [0.4, 0.5) is 0 Å². The highest BCUT2D eigenvalue weighted by Crippen LogP contribution is 2.08. The van der Waals surface area contributed by atoms with Gasteiger partial charge in [0, 0.05) is 6.42 Å². The molecule has 18 heavy (non-hydrogen) atoms. The van der Waals surface area contributed by atoms with Crippen LogP contribution in [-0.2, 0) is 9.59 Å². The molecule has 0 aliphatic rings. The molecule has 102 valence electrons. The van der Waals surface area contributed by atoms with Crippen molar-refractivity contribution >= 4 is 17.3 Å². The van der Waals surface area contributed by atoms with Crippen molar-refractivity contribution in [2.24, 2.45) is 5.92 Å². The minimum Gasteiger partial charge on any atom is -0.385 e. The molecular weight excluding hydrogens is 236 g/mol. The minimum absolute atomic E-state index is 0.132. The number of aliphatic hydroxyl groups excluding tert-OH is 2. The van der Waals surface area contributed by atoms with Gasteiger partial charge >= 0.3 is 5.71 Å². The van der Waals surface area contributed by atoms with E-state index in [0.717, 1.165) is 0 Å². The number of nitrogens with zero attached hydrogens (tertiary/aromatic N) is 2. The first-order valence-corrected chi connectivity index (χ1v) is 5.91. The van der Waals surface area contributed by atoms with Gasteiger partial charge in [-0.15, -0.1) is 0 Å². The number of rotatable bonds is 8. The lowest BCUT2D eigenvalue weighted by Crippen LogP contribution is -2.34. The molecule has 0 radical (unpaired) electrons. The van der Waals surface area contributed by atoms with Crippen LogP contribution < -0.4 is 0 Å². The van der Waals surface area contributed by atoms with E-state index in [1.54, 1.807) is 0 Å². The largest absolute Gasteiger partial charge is 0.385 e. The number of Topliss-reactive ketones (excluding diaryl/α,β-unsaturated/α-hetero) is 2. The molecule has 2 unspecified atom stereocenters. The Balaban J connectivity index is 4.51. The third kappa shape index (κ3) is 5.82. The van der Waals surface area contributed by atoms with Gasteiger partial charge in [-0.05, 0) is 19.3 Å². The maximum absolute atomic E-state index is 11.7. The first kappa shape index (κ1) is 16.6. The molecule has 0 aromatic heterocycles. The second-order valence-electron chi connectivity index (χ2n) is 4.72. The van der Waals surface area contributed by atoms with E-state index in [1.807, 2.05) is 13.8 Å². The first-order valence-electron chi connectivity index (χ1n) is 5.91. The summed E-state index contributed by atoms with van der Waals surface area (Å²) in [6.07, 6.45) is -2.39. The third-order valence-corrected chi connectivity index (χ3v) is 2.58. The van der Waals surface area contributed by atoms with E-state index >= 15 is 0 Å². The molecule has 6 nitrogen and oxygen atoms in total. The van der Waals surface area contributed by atoms with Crippen LogP contribution in [0.3, 0.4) is 0 Å². The van der Waals surface area contributed by atoms with Crippen LogP contribution in [0.25, 0.3) is 5.53 Å². The zero-order valence-corrected chi connectivity index (χ0v) is 11.0. The maximum Gasteiger partial charge on any atom is 0.337 e. The van der Waals surface area contributed by atoms with Crippen LogP contribution in [0, 0.1) is 5.92 Å². The number of hydrogen-bond acceptors (Lipinski definition) is 4. The van der Waals surface area contributed by atoms with E-state index in [-0.39, 0.29) is 18.6 Å². The topological polar surface area (TPSA) is 111 Å². The van der Waals surface area contributed by atoms with Crippen molar-refractivity contribution in [3.05, 3.63) is 5.53 Å². The van der Waals surface area contributed by atoms with Gasteiger partial charge < -0.3 is 15.7 Å². The summed E-state index contributed by atoms with van der Waals surface area (Å²) in [4.78, 5) is 25.4. The molecule has 0 amide bonds. The van der Waals surface area contributed by atoms with Crippen molar-refractivity contribution < 1.29 is 24.6 Å². The van der Waals surface area contributed by atoms with Gasteiger partial charge in [0.05, 0.1) is 6.42 Å². The zero-order valence-electron chi connectivity index (χ0n) is 11.0. The van der Waals surface area contributed by atoms with Gasteiger partial charge in [0.1, 0.15) is 12.2 Å². The van der Waals surface area contributed by atoms with Crippen molar-refractivity contribution in [3.8, 4) is 0 Å². The number of hydrogen-bond donors (Lipinski definition) is 2. The summed E-state index contributed by atoms with van der Waals surface area (Å²) < 4.78 is 0. The average molecular weight is 256 g/mol. The van der Waals surface area contributed by atoms with Gasteiger partial charge in [-0.3, -0.25) is 9.59 Å². The smallest absolute Gasteiger partial charge is 0.337 e. The maximum atomic E-state index is 11.7. The molecule has 0 saturated carbocycles. The molecule has 0 aromatic carbocycles. The van der Waals surface area contributed by atoms with Crippen molar-refractivity contribution in [1.82, 2.24) is 0 Å². The van der Waals surface area contributed by atoms with Crippen LogP contribution in [0.2, 0.25) is 0 Å². The lowest BCUT2D eigenvalue weighted by atomic mass is 9.98. The number of ketones is 2. The fourth-order valence-corrected chi connectivity index (χ4v) is 1.32. The lowest BCUT2D eigenvalue weighted by molar-refractivity contribution is -0.131. The van der Waals surface area contributed by atoms with E-state index in [4.69, 9.17) is 5.53 Å². The predicted molar refractivity (Wildman–Crippen MR) is 65.0 cm³/mol. The summed E-state index contributed by atoms with van der Waals surface area (Å²) in [6, 6.07) is 0. The van der Waals surface area contributed by atoms with Crippen LogP contribution in [-0.4, -0.2) is 44.5 Å². The Kier molecular flexibility index (Phi) is 7.27. The first-order chi connectivity index (χ1) is 8.29. The molecule has 0 aliphatic heterocycles. The normalized spacial score (nSPS) is 13.9. The molecule has 2 atom stereocenters. The highest BCUT2D eigenvalue weighted by molar-refractivity contribution is 6.39. The van der Waals surface area contributed by atoms with Crippen LogP contribution in [0.15, 0.2) is 0 Å². The highest BCUT2D eigenvalue weighted by Gasteiger charge is 2.30. The summed E-state index contributed by atoms with van der Waals surface area (Å²) in [5, 5.41) is 18.8. The second-order valence-corrected chi connectivity index (χ2v) is 4.72. The van der Waals surface area contributed by atoms with E-state index in [2.05, 4.69) is 4.79 Å². The molecule has 0 spiro atoms. The molecule has 0 saturated heterocycles. The fraction of sp³-hybridized carbons (Fsp3) is 0.750. The Labute approximate surface area is 106 Å². The van der Waals surface area contributed by atoms with Crippen molar-refractivity contribution in [1.29, 1.82) is 0 Å². The molecule has 0 heterocycles. The Morgan fingerprint density at radius 1 is 1.22 bits per heavy atom. The molecule has 0 bridgehead atoms. The predicted octanol–water partition coefficient (Wildman–Crippen LogP) is 0.363. The Morgan fingerprint density at radius 2 is 1.78 bits per heavy atom. The fourth-order valence-electron chi connectivity index (χ4n) is 1.32. The summed E-state index contributed by atoms with van der Waals surface area (Å²) in [5.41, 5.74) is 8.60. The van der Waals surface area contributed by atoms with Crippen LogP contribution in [0.5, 0.6) is 0 Å². The molecule has 0 fully saturated rings. The Morgan fingerprint density at radius 3 is 2.17 bits per heavy atom. The summed E-state index contributed by atoms with van der Waals surface area (Å²) in [6.45, 7) is 5.08. The van der Waals surface area contributed by atoms with Gasteiger partial charge in [0.2, 0.25) is 0 Å². The third-order valence-electron chi connectivity index (χ3n) is 2.58. The lowest BCUT2D eigenvalue weighted by Gasteiger charge is -2.10. The van der Waals surface area contributed by atoms with E-state index in [9.17, 15) is 19.8 Å². The summed E-state index contributed by atoms with van der Waals surface area (Å²) >= 11 is 0. The molecule has 0 aromatic rings. The molecule has 0 aliphatic carbocycles. The van der Waals surface area contributed by atoms with Crippen LogP contribution in [0.1, 0.15) is 40.0 Å². The van der Waals surface area contributed by atoms with Crippen LogP contribution >= 0.6 is 0 Å². The van der Waals surface area contributed by atoms with Crippen molar-refractivity contribution in [2.45, 2.75) is 52.2 Å². The van der Waals surface area contributed by atoms with Gasteiger partial charge in [-0.25, -0.2) is 0 Å². The molecule has 6 heteroatoms. The monoisotopic (exact) mass is 256 g/mol. The molecular formula is C12H20N2O4. The Bertz CT molecular complexity index is 359. The second kappa shape index (κ2) is 7.87. The van der Waals surface area contributed by atoms with Gasteiger partial charge in [-0.1, -0.05) is 13.8 Å².